The van der Waals surface area contributed by atoms with Crippen LogP contribution in [-0.4, -0.2) is 37.2 Å². The van der Waals surface area contributed by atoms with Crippen LogP contribution in [-0.2, 0) is 28.6 Å². The van der Waals surface area contributed by atoms with Gasteiger partial charge in [-0.25, -0.2) is 0 Å². The van der Waals surface area contributed by atoms with Crippen LogP contribution in [0.5, 0.6) is 0 Å². The third-order valence-electron chi connectivity index (χ3n) is 13.0. The molecule has 368 valence electrons. The van der Waals surface area contributed by atoms with E-state index in [2.05, 4.69) is 41.5 Å². The minimum Gasteiger partial charge on any atom is -0.462 e. The zero-order valence-corrected chi connectivity index (χ0v) is 42.7. The van der Waals surface area contributed by atoms with Crippen molar-refractivity contribution in [2.45, 2.75) is 311 Å². The monoisotopic (exact) mass is 877 g/mol. The van der Waals surface area contributed by atoms with Gasteiger partial charge in [-0.15, -0.1) is 0 Å². The molecule has 0 aromatic rings. The predicted molar refractivity (Wildman–Crippen MR) is 266 cm³/mol. The fourth-order valence-electron chi connectivity index (χ4n) is 8.44. The lowest BCUT2D eigenvalue weighted by molar-refractivity contribution is -0.167. The van der Waals surface area contributed by atoms with Crippen molar-refractivity contribution in [3.05, 3.63) is 0 Å². The van der Waals surface area contributed by atoms with Crippen LogP contribution in [0.2, 0.25) is 0 Å². The molecule has 0 aromatic heterocycles. The van der Waals surface area contributed by atoms with E-state index in [0.717, 1.165) is 75.5 Å². The first kappa shape index (κ1) is 60.4. The normalized spacial score (nSPS) is 12.6. The quantitative estimate of drug-likeness (QED) is 0.0344. The summed E-state index contributed by atoms with van der Waals surface area (Å²) >= 11 is 0. The van der Waals surface area contributed by atoms with Gasteiger partial charge in [0, 0.05) is 19.3 Å². The van der Waals surface area contributed by atoms with Gasteiger partial charge in [0.15, 0.2) is 6.10 Å². The van der Waals surface area contributed by atoms with Crippen molar-refractivity contribution < 1.29 is 28.6 Å². The molecule has 0 spiro atoms. The zero-order chi connectivity index (χ0) is 45.6. The maximum absolute atomic E-state index is 12.8. The lowest BCUT2D eigenvalue weighted by Gasteiger charge is -2.18. The molecule has 0 aliphatic heterocycles. The molecule has 0 saturated carbocycles. The summed E-state index contributed by atoms with van der Waals surface area (Å²) in [6, 6.07) is 0. The van der Waals surface area contributed by atoms with Gasteiger partial charge in [0.25, 0.3) is 0 Å². The Labute approximate surface area is 387 Å². The van der Waals surface area contributed by atoms with E-state index in [0.29, 0.717) is 19.3 Å². The minimum absolute atomic E-state index is 0.0652. The molecule has 0 heterocycles. The summed E-state index contributed by atoms with van der Waals surface area (Å²) < 4.78 is 16.8. The van der Waals surface area contributed by atoms with E-state index in [1.807, 2.05) is 0 Å². The summed E-state index contributed by atoms with van der Waals surface area (Å²) in [6.45, 7) is 13.7. The van der Waals surface area contributed by atoms with E-state index < -0.39 is 6.10 Å². The Morgan fingerprint density at radius 1 is 0.323 bits per heavy atom. The van der Waals surface area contributed by atoms with Gasteiger partial charge in [0.05, 0.1) is 0 Å². The molecular formula is C56H108O6. The molecule has 0 amide bonds. The first-order chi connectivity index (χ1) is 30.1. The average molecular weight is 877 g/mol. The van der Waals surface area contributed by atoms with Crippen molar-refractivity contribution >= 4 is 17.9 Å². The Hall–Kier alpha value is -1.59. The number of hydrogen-bond acceptors (Lipinski definition) is 6. The second-order valence-corrected chi connectivity index (χ2v) is 20.4. The van der Waals surface area contributed by atoms with Crippen LogP contribution in [0, 0.1) is 17.8 Å². The Bertz CT molecular complexity index is 962. The van der Waals surface area contributed by atoms with Crippen molar-refractivity contribution in [2.75, 3.05) is 13.2 Å². The van der Waals surface area contributed by atoms with E-state index in [4.69, 9.17) is 14.2 Å². The highest BCUT2D eigenvalue weighted by Gasteiger charge is 2.19. The van der Waals surface area contributed by atoms with Gasteiger partial charge in [0.1, 0.15) is 13.2 Å². The lowest BCUT2D eigenvalue weighted by Crippen LogP contribution is -2.30. The molecule has 0 N–H and O–H groups in total. The smallest absolute Gasteiger partial charge is 0.306 e. The van der Waals surface area contributed by atoms with Crippen LogP contribution in [0.15, 0.2) is 0 Å². The first-order valence-corrected chi connectivity index (χ1v) is 27.6. The molecule has 0 aliphatic carbocycles. The first-order valence-electron chi connectivity index (χ1n) is 27.6. The maximum Gasteiger partial charge on any atom is 0.306 e. The molecule has 0 aliphatic rings. The predicted octanol–water partition coefficient (Wildman–Crippen LogP) is 17.9. The van der Waals surface area contributed by atoms with Crippen LogP contribution in [0.1, 0.15) is 305 Å². The molecule has 2 atom stereocenters. The molecule has 0 fully saturated rings. The van der Waals surface area contributed by atoms with Gasteiger partial charge < -0.3 is 14.2 Å². The number of esters is 3. The second-order valence-electron chi connectivity index (χ2n) is 20.4. The Morgan fingerprint density at radius 2 is 0.565 bits per heavy atom. The molecule has 6 nitrogen and oxygen atoms in total. The van der Waals surface area contributed by atoms with Crippen molar-refractivity contribution in [3.8, 4) is 0 Å². The van der Waals surface area contributed by atoms with Crippen LogP contribution in [0.4, 0.5) is 0 Å². The summed E-state index contributed by atoms with van der Waals surface area (Å²) in [5, 5.41) is 0. The largest absolute Gasteiger partial charge is 0.462 e. The Kier molecular flexibility index (Phi) is 46.2. The van der Waals surface area contributed by atoms with Gasteiger partial charge in [-0.05, 0) is 37.0 Å². The van der Waals surface area contributed by atoms with Crippen LogP contribution in [0.25, 0.3) is 0 Å². The van der Waals surface area contributed by atoms with Crippen molar-refractivity contribution in [2.24, 2.45) is 17.8 Å². The summed E-state index contributed by atoms with van der Waals surface area (Å²) in [6.07, 6.45) is 48.2. The van der Waals surface area contributed by atoms with Gasteiger partial charge in [0.2, 0.25) is 0 Å². The fraction of sp³-hybridized carbons (Fsp3) is 0.946. The SMILES string of the molecule is CCC(C)CCCCCCCCCCCCCCCCCCCCC(=O)O[C@@H](COC(=O)CCCCCCCCCCCCC(C)C)COC(=O)CCCCCCCCC(C)C. The molecule has 0 aromatic carbocycles. The molecule has 6 heteroatoms. The van der Waals surface area contributed by atoms with Gasteiger partial charge in [-0.3, -0.25) is 14.4 Å². The molecule has 0 saturated heterocycles. The number of carbonyl (C=O) groups is 3. The average Bonchev–Trinajstić information content (AvgIpc) is 3.24. The highest BCUT2D eigenvalue weighted by Crippen LogP contribution is 2.18. The lowest BCUT2D eigenvalue weighted by atomic mass is 9.99. The van der Waals surface area contributed by atoms with Crippen LogP contribution >= 0.6 is 0 Å². The highest BCUT2D eigenvalue weighted by molar-refractivity contribution is 5.71. The zero-order valence-electron chi connectivity index (χ0n) is 42.7. The molecule has 0 rings (SSSR count). The number of ether oxygens (including phenoxy) is 3. The summed E-state index contributed by atoms with van der Waals surface area (Å²) in [5.74, 6) is 1.64. The topological polar surface area (TPSA) is 78.9 Å². The molecule has 1 unspecified atom stereocenters. The third kappa shape index (κ3) is 47.9. The summed E-state index contributed by atoms with van der Waals surface area (Å²) in [4.78, 5) is 37.9. The van der Waals surface area contributed by atoms with E-state index in [1.165, 1.54) is 186 Å². The Balaban J connectivity index is 4.19. The molecule has 0 radical (unpaired) electrons. The fourth-order valence-corrected chi connectivity index (χ4v) is 8.44. The van der Waals surface area contributed by atoms with Crippen LogP contribution < -0.4 is 0 Å². The summed E-state index contributed by atoms with van der Waals surface area (Å²) in [5.41, 5.74) is 0. The van der Waals surface area contributed by atoms with E-state index >= 15 is 0 Å². The minimum atomic E-state index is -0.763. The molecule has 62 heavy (non-hydrogen) atoms. The van der Waals surface area contributed by atoms with Gasteiger partial charge in [-0.2, -0.15) is 0 Å². The summed E-state index contributed by atoms with van der Waals surface area (Å²) in [7, 11) is 0. The van der Waals surface area contributed by atoms with Gasteiger partial charge >= 0.3 is 17.9 Å². The third-order valence-corrected chi connectivity index (χ3v) is 13.0. The van der Waals surface area contributed by atoms with E-state index in [9.17, 15) is 14.4 Å². The number of unbranched alkanes of at least 4 members (excludes halogenated alkanes) is 31. The van der Waals surface area contributed by atoms with Crippen molar-refractivity contribution in [1.82, 2.24) is 0 Å². The number of rotatable bonds is 49. The highest BCUT2D eigenvalue weighted by atomic mass is 16.6. The van der Waals surface area contributed by atoms with Crippen molar-refractivity contribution in [3.63, 3.8) is 0 Å². The molecular weight excluding hydrogens is 769 g/mol. The second kappa shape index (κ2) is 47.4. The van der Waals surface area contributed by atoms with Gasteiger partial charge in [-0.1, -0.05) is 266 Å². The van der Waals surface area contributed by atoms with Crippen molar-refractivity contribution in [1.29, 1.82) is 0 Å². The Morgan fingerprint density at radius 3 is 0.839 bits per heavy atom. The van der Waals surface area contributed by atoms with Crippen LogP contribution in [0.3, 0.4) is 0 Å². The van der Waals surface area contributed by atoms with E-state index in [-0.39, 0.29) is 31.1 Å². The molecule has 0 bridgehead atoms. The number of carbonyl (C=O) groups excluding carboxylic acids is 3. The number of hydrogen-bond donors (Lipinski definition) is 0. The van der Waals surface area contributed by atoms with E-state index in [1.54, 1.807) is 0 Å². The standard InChI is InChI=1S/C56H108O6/c1-7-52(6)44-38-32-25-21-16-14-12-10-8-9-11-13-15-17-23-27-35-41-47-56(59)62-53(49-61-55(58)46-40-34-29-28-31-37-43-51(4)5)48-60-54(57)45-39-33-26-22-19-18-20-24-30-36-42-50(2)3/h50-53H,7-49H2,1-6H3/t52?,53-/m0/s1. The maximum atomic E-state index is 12.8.